The van der Waals surface area contributed by atoms with E-state index >= 15 is 0 Å². The number of ether oxygens (including phenoxy) is 2. The van der Waals surface area contributed by atoms with Gasteiger partial charge in [0, 0.05) is 17.5 Å². The van der Waals surface area contributed by atoms with Crippen LogP contribution in [0.25, 0.3) is 0 Å². The number of likely N-dealkylation sites (N-methyl/N-ethyl adjacent to an activating group) is 1. The van der Waals surface area contributed by atoms with Crippen LogP contribution in [0.15, 0.2) is 24.3 Å². The predicted molar refractivity (Wildman–Crippen MR) is 95.8 cm³/mol. The molecule has 0 radical (unpaired) electrons. The van der Waals surface area contributed by atoms with Crippen molar-refractivity contribution >= 4 is 11.3 Å². The van der Waals surface area contributed by atoms with Crippen LogP contribution in [0.3, 0.4) is 0 Å². The van der Waals surface area contributed by atoms with Crippen LogP contribution in [0, 0.1) is 6.92 Å². The van der Waals surface area contributed by atoms with Crippen molar-refractivity contribution in [1.82, 2.24) is 9.88 Å². The van der Waals surface area contributed by atoms with Crippen LogP contribution in [-0.4, -0.2) is 37.2 Å². The predicted octanol–water partition coefficient (Wildman–Crippen LogP) is 4.09. The number of para-hydroxylation sites is 2. The number of aromatic nitrogens is 1. The van der Waals surface area contributed by atoms with E-state index in [9.17, 15) is 0 Å². The Labute approximate surface area is 143 Å². The van der Waals surface area contributed by atoms with Gasteiger partial charge in [-0.1, -0.05) is 19.1 Å². The van der Waals surface area contributed by atoms with E-state index in [0.717, 1.165) is 30.2 Å². The molecule has 2 rings (SSSR count). The standard InChI is InChI=1S/C18H26N2O2S/c1-6-17-19-13(2)18(23-17)14(3)20(4)11-12-22-16-10-8-7-9-15(16)21-5/h7-10,14H,6,11-12H2,1-5H3. The third-order valence-corrected chi connectivity index (χ3v) is 5.46. The van der Waals surface area contributed by atoms with Gasteiger partial charge in [-0.25, -0.2) is 4.98 Å². The minimum Gasteiger partial charge on any atom is -0.493 e. The number of rotatable bonds is 8. The largest absolute Gasteiger partial charge is 0.493 e. The zero-order valence-electron chi connectivity index (χ0n) is 14.6. The van der Waals surface area contributed by atoms with Crippen LogP contribution < -0.4 is 9.47 Å². The van der Waals surface area contributed by atoms with Gasteiger partial charge in [-0.15, -0.1) is 11.3 Å². The Bertz CT molecular complexity index is 627. The lowest BCUT2D eigenvalue weighted by atomic mass is 10.2. The summed E-state index contributed by atoms with van der Waals surface area (Å²) in [6.45, 7) is 7.94. The maximum atomic E-state index is 5.86. The number of nitrogens with zero attached hydrogens (tertiary/aromatic N) is 2. The smallest absolute Gasteiger partial charge is 0.161 e. The Morgan fingerprint density at radius 2 is 1.96 bits per heavy atom. The first kappa shape index (κ1) is 17.8. The molecule has 0 bridgehead atoms. The maximum Gasteiger partial charge on any atom is 0.161 e. The average molecular weight is 334 g/mol. The molecule has 0 aliphatic heterocycles. The lowest BCUT2D eigenvalue weighted by Gasteiger charge is -2.24. The summed E-state index contributed by atoms with van der Waals surface area (Å²) in [6, 6.07) is 8.08. The molecule has 1 aromatic carbocycles. The van der Waals surface area contributed by atoms with Crippen molar-refractivity contribution in [1.29, 1.82) is 0 Å². The summed E-state index contributed by atoms with van der Waals surface area (Å²) in [5, 5.41) is 1.21. The summed E-state index contributed by atoms with van der Waals surface area (Å²) < 4.78 is 11.2. The second kappa shape index (κ2) is 8.31. The summed E-state index contributed by atoms with van der Waals surface area (Å²) in [5.41, 5.74) is 1.15. The molecule has 0 aliphatic carbocycles. The molecule has 5 heteroatoms. The van der Waals surface area contributed by atoms with Crippen LogP contribution in [-0.2, 0) is 6.42 Å². The number of aryl methyl sites for hydroxylation is 2. The van der Waals surface area contributed by atoms with E-state index in [2.05, 4.69) is 37.7 Å². The molecule has 1 unspecified atom stereocenters. The normalized spacial score (nSPS) is 12.4. The Hall–Kier alpha value is -1.59. The van der Waals surface area contributed by atoms with E-state index in [0.29, 0.717) is 12.6 Å². The molecular formula is C18H26N2O2S. The third kappa shape index (κ3) is 4.45. The third-order valence-electron chi connectivity index (χ3n) is 3.99. The lowest BCUT2D eigenvalue weighted by Crippen LogP contribution is -2.27. The van der Waals surface area contributed by atoms with E-state index in [1.54, 1.807) is 7.11 Å². The fraction of sp³-hybridized carbons (Fsp3) is 0.500. The molecule has 1 aromatic heterocycles. The van der Waals surface area contributed by atoms with Crippen molar-refractivity contribution in [2.24, 2.45) is 0 Å². The molecule has 1 heterocycles. The summed E-state index contributed by atoms with van der Waals surface area (Å²) >= 11 is 1.82. The Morgan fingerprint density at radius 1 is 1.26 bits per heavy atom. The van der Waals surface area contributed by atoms with Crippen molar-refractivity contribution in [2.45, 2.75) is 33.2 Å². The topological polar surface area (TPSA) is 34.6 Å². The highest BCUT2D eigenvalue weighted by atomic mass is 32.1. The molecule has 0 amide bonds. The van der Waals surface area contributed by atoms with Crippen LogP contribution in [0.4, 0.5) is 0 Å². The van der Waals surface area contributed by atoms with Gasteiger partial charge < -0.3 is 9.47 Å². The number of hydrogen-bond acceptors (Lipinski definition) is 5. The van der Waals surface area contributed by atoms with Crippen LogP contribution in [0.1, 0.15) is 35.5 Å². The summed E-state index contributed by atoms with van der Waals surface area (Å²) in [5.74, 6) is 1.56. The van der Waals surface area contributed by atoms with Crippen LogP contribution >= 0.6 is 11.3 Å². The fourth-order valence-electron chi connectivity index (χ4n) is 2.44. The van der Waals surface area contributed by atoms with E-state index in [4.69, 9.17) is 9.47 Å². The summed E-state index contributed by atoms with van der Waals surface area (Å²) in [6.07, 6.45) is 0.999. The molecule has 0 N–H and O–H groups in total. The minimum absolute atomic E-state index is 0.342. The molecular weight excluding hydrogens is 308 g/mol. The molecule has 126 valence electrons. The van der Waals surface area contributed by atoms with Crippen molar-refractivity contribution in [3.05, 3.63) is 39.8 Å². The van der Waals surface area contributed by atoms with Crippen LogP contribution in [0.5, 0.6) is 11.5 Å². The molecule has 0 saturated heterocycles. The number of benzene rings is 1. The van der Waals surface area contributed by atoms with Gasteiger partial charge in [0.25, 0.3) is 0 Å². The number of thiazole rings is 1. The second-order valence-electron chi connectivity index (χ2n) is 5.57. The maximum absolute atomic E-state index is 5.86. The number of methoxy groups -OCH3 is 1. The summed E-state index contributed by atoms with van der Waals surface area (Å²) in [7, 11) is 3.79. The van der Waals surface area contributed by atoms with E-state index in [1.807, 2.05) is 35.6 Å². The van der Waals surface area contributed by atoms with Crippen molar-refractivity contribution in [3.8, 4) is 11.5 Å². The van der Waals surface area contributed by atoms with E-state index in [-0.39, 0.29) is 0 Å². The SMILES string of the molecule is CCc1nc(C)c(C(C)N(C)CCOc2ccccc2OC)s1. The van der Waals surface area contributed by atoms with Crippen LogP contribution in [0.2, 0.25) is 0 Å². The number of hydrogen-bond donors (Lipinski definition) is 0. The van der Waals surface area contributed by atoms with Crippen molar-refractivity contribution in [3.63, 3.8) is 0 Å². The first-order valence-electron chi connectivity index (χ1n) is 7.99. The van der Waals surface area contributed by atoms with Crippen molar-refractivity contribution in [2.75, 3.05) is 27.3 Å². The fourth-order valence-corrected chi connectivity index (χ4v) is 3.56. The Morgan fingerprint density at radius 3 is 2.57 bits per heavy atom. The van der Waals surface area contributed by atoms with Gasteiger partial charge in [-0.3, -0.25) is 4.90 Å². The molecule has 23 heavy (non-hydrogen) atoms. The molecule has 1 atom stereocenters. The highest BCUT2D eigenvalue weighted by Crippen LogP contribution is 2.29. The first-order valence-corrected chi connectivity index (χ1v) is 8.80. The minimum atomic E-state index is 0.342. The quantitative estimate of drug-likeness (QED) is 0.728. The molecule has 0 fully saturated rings. The van der Waals surface area contributed by atoms with Gasteiger partial charge >= 0.3 is 0 Å². The highest BCUT2D eigenvalue weighted by molar-refractivity contribution is 7.11. The molecule has 0 spiro atoms. The zero-order valence-corrected chi connectivity index (χ0v) is 15.4. The van der Waals surface area contributed by atoms with Gasteiger partial charge in [0.15, 0.2) is 11.5 Å². The van der Waals surface area contributed by atoms with E-state index < -0.39 is 0 Å². The van der Waals surface area contributed by atoms with Gasteiger partial charge in [-0.05, 0) is 39.4 Å². The van der Waals surface area contributed by atoms with Crippen molar-refractivity contribution < 1.29 is 9.47 Å². The Balaban J connectivity index is 1.91. The highest BCUT2D eigenvalue weighted by Gasteiger charge is 2.18. The second-order valence-corrected chi connectivity index (χ2v) is 6.68. The first-order chi connectivity index (χ1) is 11.1. The van der Waals surface area contributed by atoms with Gasteiger partial charge in [0.05, 0.1) is 17.8 Å². The zero-order chi connectivity index (χ0) is 16.8. The average Bonchev–Trinajstić information content (AvgIpc) is 2.95. The molecule has 4 nitrogen and oxygen atoms in total. The van der Waals surface area contributed by atoms with E-state index in [1.165, 1.54) is 9.88 Å². The van der Waals surface area contributed by atoms with Gasteiger partial charge in [-0.2, -0.15) is 0 Å². The lowest BCUT2D eigenvalue weighted by molar-refractivity contribution is 0.198. The molecule has 2 aromatic rings. The molecule has 0 aliphatic rings. The molecule has 0 saturated carbocycles. The summed E-state index contributed by atoms with van der Waals surface area (Å²) in [4.78, 5) is 8.28. The monoisotopic (exact) mass is 334 g/mol. The van der Waals surface area contributed by atoms with Gasteiger partial charge in [0.2, 0.25) is 0 Å². The Kier molecular flexibility index (Phi) is 6.42. The van der Waals surface area contributed by atoms with Gasteiger partial charge in [0.1, 0.15) is 6.61 Å².